The second-order valence-corrected chi connectivity index (χ2v) is 5.30. The molecule has 0 aliphatic carbocycles. The van der Waals surface area contributed by atoms with Crippen molar-refractivity contribution in [1.29, 1.82) is 0 Å². The molecule has 118 valence electrons. The number of nitrogens with zero attached hydrogens (tertiary/aromatic N) is 1. The van der Waals surface area contributed by atoms with Crippen LogP contribution in [0.4, 0.5) is 5.69 Å². The Morgan fingerprint density at radius 2 is 2.09 bits per heavy atom. The van der Waals surface area contributed by atoms with E-state index in [1.807, 2.05) is 24.3 Å². The molecule has 0 saturated heterocycles. The molecule has 0 unspecified atom stereocenters. The van der Waals surface area contributed by atoms with Crippen LogP contribution in [0, 0.1) is 0 Å². The van der Waals surface area contributed by atoms with Crippen molar-refractivity contribution in [3.05, 3.63) is 60.1 Å². The molecule has 0 radical (unpaired) electrons. The van der Waals surface area contributed by atoms with Gasteiger partial charge in [0.1, 0.15) is 5.76 Å². The minimum absolute atomic E-state index is 0.213. The van der Waals surface area contributed by atoms with Gasteiger partial charge in [-0.05, 0) is 43.2 Å². The molecule has 3 rings (SSSR count). The van der Waals surface area contributed by atoms with Gasteiger partial charge in [0, 0.05) is 18.3 Å². The first-order valence-electron chi connectivity index (χ1n) is 7.46. The summed E-state index contributed by atoms with van der Waals surface area (Å²) in [5.74, 6) is -0.237. The van der Waals surface area contributed by atoms with Crippen LogP contribution in [0.5, 0.6) is 0 Å². The SMILES string of the molecule is C[C@H](OC(=O)/C=C/c1ccco1)C(=O)N1CCc2ccccc21. The first kappa shape index (κ1) is 15.1. The Morgan fingerprint density at radius 3 is 2.87 bits per heavy atom. The summed E-state index contributed by atoms with van der Waals surface area (Å²) in [7, 11) is 0. The maximum Gasteiger partial charge on any atom is 0.331 e. The fourth-order valence-electron chi connectivity index (χ4n) is 2.59. The van der Waals surface area contributed by atoms with Crippen molar-refractivity contribution in [2.45, 2.75) is 19.4 Å². The van der Waals surface area contributed by atoms with E-state index in [9.17, 15) is 9.59 Å². The van der Waals surface area contributed by atoms with Gasteiger partial charge in [0.2, 0.25) is 0 Å². The highest BCUT2D eigenvalue weighted by Gasteiger charge is 2.29. The number of carbonyl (C=O) groups excluding carboxylic acids is 2. The summed E-state index contributed by atoms with van der Waals surface area (Å²) >= 11 is 0. The van der Waals surface area contributed by atoms with Gasteiger partial charge in [0.05, 0.1) is 6.26 Å². The fraction of sp³-hybridized carbons (Fsp3) is 0.222. The van der Waals surface area contributed by atoms with Gasteiger partial charge in [-0.1, -0.05) is 18.2 Å². The maximum atomic E-state index is 12.5. The normalized spacial score (nSPS) is 14.7. The summed E-state index contributed by atoms with van der Waals surface area (Å²) in [6.07, 6.45) is 4.25. The number of amides is 1. The predicted molar refractivity (Wildman–Crippen MR) is 85.8 cm³/mol. The number of hydrogen-bond donors (Lipinski definition) is 0. The summed E-state index contributed by atoms with van der Waals surface area (Å²) in [5.41, 5.74) is 2.03. The van der Waals surface area contributed by atoms with E-state index in [1.54, 1.807) is 24.0 Å². The minimum Gasteiger partial charge on any atom is -0.465 e. The van der Waals surface area contributed by atoms with E-state index in [4.69, 9.17) is 9.15 Å². The highest BCUT2D eigenvalue weighted by Crippen LogP contribution is 2.28. The molecule has 1 aliphatic heterocycles. The maximum absolute atomic E-state index is 12.5. The highest BCUT2D eigenvalue weighted by atomic mass is 16.5. The molecule has 0 spiro atoms. The number of anilines is 1. The van der Waals surface area contributed by atoms with Crippen molar-refractivity contribution in [2.75, 3.05) is 11.4 Å². The molecule has 2 aromatic rings. The van der Waals surface area contributed by atoms with Crippen LogP contribution in [0.15, 0.2) is 53.2 Å². The van der Waals surface area contributed by atoms with Crippen molar-refractivity contribution in [2.24, 2.45) is 0 Å². The third-order valence-corrected chi connectivity index (χ3v) is 3.72. The van der Waals surface area contributed by atoms with Crippen LogP contribution >= 0.6 is 0 Å². The number of furan rings is 1. The smallest absolute Gasteiger partial charge is 0.331 e. The lowest BCUT2D eigenvalue weighted by atomic mass is 10.2. The molecular formula is C18H17NO4. The van der Waals surface area contributed by atoms with E-state index >= 15 is 0 Å². The Morgan fingerprint density at radius 1 is 1.26 bits per heavy atom. The van der Waals surface area contributed by atoms with Gasteiger partial charge in [-0.15, -0.1) is 0 Å². The molecule has 5 nitrogen and oxygen atoms in total. The van der Waals surface area contributed by atoms with Gasteiger partial charge >= 0.3 is 5.97 Å². The number of carbonyl (C=O) groups is 2. The lowest BCUT2D eigenvalue weighted by Crippen LogP contribution is -2.38. The second-order valence-electron chi connectivity index (χ2n) is 5.30. The molecule has 5 heteroatoms. The van der Waals surface area contributed by atoms with E-state index in [-0.39, 0.29) is 5.91 Å². The van der Waals surface area contributed by atoms with Crippen molar-refractivity contribution < 1.29 is 18.7 Å². The summed E-state index contributed by atoms with van der Waals surface area (Å²) in [6, 6.07) is 11.2. The van der Waals surface area contributed by atoms with Crippen LogP contribution in [0.3, 0.4) is 0 Å². The fourth-order valence-corrected chi connectivity index (χ4v) is 2.59. The lowest BCUT2D eigenvalue weighted by molar-refractivity contribution is -0.149. The first-order chi connectivity index (χ1) is 11.1. The zero-order chi connectivity index (χ0) is 16.2. The molecule has 1 amide bonds. The Kier molecular flexibility index (Phi) is 4.28. The Balaban J connectivity index is 1.61. The number of para-hydroxylation sites is 1. The summed E-state index contributed by atoms with van der Waals surface area (Å²) in [6.45, 7) is 2.20. The van der Waals surface area contributed by atoms with Crippen LogP contribution in [0.2, 0.25) is 0 Å². The van der Waals surface area contributed by atoms with Crippen LogP contribution in [0.25, 0.3) is 6.08 Å². The van der Waals surface area contributed by atoms with Crippen molar-refractivity contribution >= 4 is 23.6 Å². The highest BCUT2D eigenvalue weighted by molar-refractivity contribution is 5.99. The van der Waals surface area contributed by atoms with Crippen LogP contribution in [0.1, 0.15) is 18.2 Å². The topological polar surface area (TPSA) is 59.8 Å². The van der Waals surface area contributed by atoms with Crippen LogP contribution in [-0.2, 0) is 20.7 Å². The Bertz CT molecular complexity index is 733. The van der Waals surface area contributed by atoms with Gasteiger partial charge in [0.25, 0.3) is 5.91 Å². The second kappa shape index (κ2) is 6.52. The average molecular weight is 311 g/mol. The summed E-state index contributed by atoms with van der Waals surface area (Å²) < 4.78 is 10.3. The van der Waals surface area contributed by atoms with Gasteiger partial charge in [-0.25, -0.2) is 4.79 Å². The van der Waals surface area contributed by atoms with Gasteiger partial charge in [-0.2, -0.15) is 0 Å². The van der Waals surface area contributed by atoms with Crippen molar-refractivity contribution in [3.8, 4) is 0 Å². The third kappa shape index (κ3) is 3.34. The molecular weight excluding hydrogens is 294 g/mol. The summed E-state index contributed by atoms with van der Waals surface area (Å²) in [5, 5.41) is 0. The predicted octanol–water partition coefficient (Wildman–Crippen LogP) is 2.81. The van der Waals surface area contributed by atoms with E-state index in [2.05, 4.69) is 0 Å². The number of hydrogen-bond acceptors (Lipinski definition) is 4. The van der Waals surface area contributed by atoms with E-state index in [1.165, 1.54) is 18.4 Å². The average Bonchev–Trinajstić information content (AvgIpc) is 3.21. The van der Waals surface area contributed by atoms with Crippen LogP contribution < -0.4 is 4.90 Å². The molecule has 1 aliphatic rings. The van der Waals surface area contributed by atoms with Gasteiger partial charge < -0.3 is 14.1 Å². The van der Waals surface area contributed by atoms with Gasteiger partial charge in [0.15, 0.2) is 6.10 Å². The first-order valence-corrected chi connectivity index (χ1v) is 7.46. The molecule has 2 heterocycles. The molecule has 0 fully saturated rings. The summed E-state index contributed by atoms with van der Waals surface area (Å²) in [4.78, 5) is 25.9. The van der Waals surface area contributed by atoms with Crippen LogP contribution in [-0.4, -0.2) is 24.5 Å². The Hall–Kier alpha value is -2.82. The molecule has 0 saturated carbocycles. The monoisotopic (exact) mass is 311 g/mol. The molecule has 0 bridgehead atoms. The zero-order valence-electron chi connectivity index (χ0n) is 12.8. The van der Waals surface area contributed by atoms with Crippen molar-refractivity contribution in [1.82, 2.24) is 0 Å². The molecule has 23 heavy (non-hydrogen) atoms. The van der Waals surface area contributed by atoms with Crippen molar-refractivity contribution in [3.63, 3.8) is 0 Å². The quantitative estimate of drug-likeness (QED) is 0.643. The number of fused-ring (bicyclic) bond motifs is 1. The number of esters is 1. The zero-order valence-corrected chi connectivity index (χ0v) is 12.8. The van der Waals surface area contributed by atoms with E-state index < -0.39 is 12.1 Å². The minimum atomic E-state index is -0.838. The largest absolute Gasteiger partial charge is 0.465 e. The standard InChI is InChI=1S/C18H17NO4/c1-13(23-17(20)9-8-15-6-4-12-22-15)18(21)19-11-10-14-5-2-3-7-16(14)19/h2-9,12-13H,10-11H2,1H3/b9-8+/t13-/m0/s1. The molecule has 1 aromatic carbocycles. The van der Waals surface area contributed by atoms with E-state index in [0.717, 1.165) is 17.7 Å². The Labute approximate surface area is 134 Å². The molecule has 1 atom stereocenters. The number of benzene rings is 1. The molecule has 1 aromatic heterocycles. The number of rotatable bonds is 4. The van der Waals surface area contributed by atoms with E-state index in [0.29, 0.717) is 12.3 Å². The van der Waals surface area contributed by atoms with Gasteiger partial charge in [-0.3, -0.25) is 4.79 Å². The lowest BCUT2D eigenvalue weighted by Gasteiger charge is -2.21. The number of ether oxygens (including phenoxy) is 1. The third-order valence-electron chi connectivity index (χ3n) is 3.72. The molecule has 0 N–H and O–H groups in total.